The second kappa shape index (κ2) is 4.64. The first kappa shape index (κ1) is 13.2. The summed E-state index contributed by atoms with van der Waals surface area (Å²) in [5.74, 6) is 1.67. The molecule has 4 aliphatic rings. The molecule has 19 heavy (non-hydrogen) atoms. The van der Waals surface area contributed by atoms with Crippen molar-refractivity contribution in [2.45, 2.75) is 71.9 Å². The van der Waals surface area contributed by atoms with E-state index in [-0.39, 0.29) is 0 Å². The van der Waals surface area contributed by atoms with Gasteiger partial charge in [-0.3, -0.25) is 5.01 Å². The summed E-state index contributed by atoms with van der Waals surface area (Å²) in [5.41, 5.74) is 2.01. The lowest BCUT2D eigenvalue weighted by atomic mass is 9.49. The van der Waals surface area contributed by atoms with Crippen molar-refractivity contribution in [1.29, 1.82) is 0 Å². The molecule has 106 valence electrons. The third kappa shape index (κ3) is 2.13. The van der Waals surface area contributed by atoms with Gasteiger partial charge in [-0.15, -0.1) is 0 Å². The van der Waals surface area contributed by atoms with E-state index < -0.39 is 0 Å². The van der Waals surface area contributed by atoms with Crippen molar-refractivity contribution in [2.24, 2.45) is 22.4 Å². The van der Waals surface area contributed by atoms with Gasteiger partial charge in [-0.05, 0) is 68.8 Å². The van der Waals surface area contributed by atoms with Crippen molar-refractivity contribution in [3.05, 3.63) is 11.6 Å². The fourth-order valence-electron chi connectivity index (χ4n) is 4.31. The van der Waals surface area contributed by atoms with Gasteiger partial charge in [0.1, 0.15) is 0 Å². The van der Waals surface area contributed by atoms with Gasteiger partial charge < -0.3 is 0 Å². The van der Waals surface area contributed by atoms with Crippen LogP contribution >= 0.6 is 0 Å². The largest absolute Gasteiger partial charge is 0.292 e. The van der Waals surface area contributed by atoms with Crippen LogP contribution in [0.2, 0.25) is 0 Å². The van der Waals surface area contributed by atoms with Crippen LogP contribution in [0.1, 0.15) is 59.8 Å². The monoisotopic (exact) mass is 260 g/mol. The number of rotatable bonds is 2. The van der Waals surface area contributed by atoms with Gasteiger partial charge >= 0.3 is 0 Å². The summed E-state index contributed by atoms with van der Waals surface area (Å²) in [5, 5.41) is 7.18. The topological polar surface area (TPSA) is 15.6 Å². The van der Waals surface area contributed by atoms with Crippen LogP contribution in [0.15, 0.2) is 16.8 Å². The molecule has 4 unspecified atom stereocenters. The summed E-state index contributed by atoms with van der Waals surface area (Å²) < 4.78 is 0. The lowest BCUT2D eigenvalue weighted by molar-refractivity contribution is -0.00151. The summed E-state index contributed by atoms with van der Waals surface area (Å²) >= 11 is 0. The molecule has 1 heterocycles. The van der Waals surface area contributed by atoms with Crippen LogP contribution in [-0.4, -0.2) is 23.3 Å². The Morgan fingerprint density at radius 1 is 1.26 bits per heavy atom. The molecular formula is C17H28N2. The molecule has 4 rings (SSSR count). The predicted molar refractivity (Wildman–Crippen MR) is 81.2 cm³/mol. The zero-order chi connectivity index (χ0) is 13.6. The van der Waals surface area contributed by atoms with E-state index >= 15 is 0 Å². The highest BCUT2D eigenvalue weighted by Crippen LogP contribution is 2.58. The van der Waals surface area contributed by atoms with Crippen LogP contribution < -0.4 is 0 Å². The molecule has 2 fully saturated rings. The highest BCUT2D eigenvalue weighted by atomic mass is 15.5. The molecule has 0 aromatic carbocycles. The Morgan fingerprint density at radius 3 is 2.53 bits per heavy atom. The van der Waals surface area contributed by atoms with Crippen LogP contribution in [0.25, 0.3) is 0 Å². The van der Waals surface area contributed by atoms with E-state index in [1.165, 1.54) is 37.7 Å². The Hall–Kier alpha value is -0.790. The van der Waals surface area contributed by atoms with Crippen LogP contribution in [0.4, 0.5) is 0 Å². The molecule has 1 aliphatic heterocycles. The summed E-state index contributed by atoms with van der Waals surface area (Å²) in [4.78, 5) is 0. The van der Waals surface area contributed by atoms with E-state index in [1.807, 2.05) is 0 Å². The Kier molecular flexibility index (Phi) is 3.23. The fraction of sp³-hybridized carbons (Fsp3) is 0.824. The maximum atomic E-state index is 4.85. The summed E-state index contributed by atoms with van der Waals surface area (Å²) in [6.45, 7) is 9.48. The second-order valence-electron chi connectivity index (χ2n) is 7.50. The third-order valence-electron chi connectivity index (χ3n) is 6.00. The van der Waals surface area contributed by atoms with Crippen molar-refractivity contribution in [3.63, 3.8) is 0 Å². The number of hydrogen-bond acceptors (Lipinski definition) is 2. The minimum Gasteiger partial charge on any atom is -0.292 e. The summed E-state index contributed by atoms with van der Waals surface area (Å²) in [6.07, 6.45) is 11.2. The normalized spacial score (nSPS) is 41.1. The molecule has 0 N–H and O–H groups in total. The highest BCUT2D eigenvalue weighted by molar-refractivity contribution is 5.80. The average molecular weight is 260 g/mol. The van der Waals surface area contributed by atoms with Crippen LogP contribution in [0.5, 0.6) is 0 Å². The lowest BCUT2D eigenvalue weighted by Crippen LogP contribution is -2.48. The molecule has 1 saturated heterocycles. The van der Waals surface area contributed by atoms with Crippen molar-refractivity contribution in [1.82, 2.24) is 5.01 Å². The first-order valence-corrected chi connectivity index (χ1v) is 8.02. The first-order valence-electron chi connectivity index (χ1n) is 8.02. The lowest BCUT2D eigenvalue weighted by Gasteiger charge is -2.55. The Bertz CT molecular complexity index is 397. The first-order chi connectivity index (χ1) is 9.00. The molecule has 4 atom stereocenters. The van der Waals surface area contributed by atoms with E-state index in [9.17, 15) is 0 Å². The van der Waals surface area contributed by atoms with E-state index in [4.69, 9.17) is 5.10 Å². The predicted octanol–water partition coefficient (Wildman–Crippen LogP) is 4.23. The number of allylic oxidation sites excluding steroid dienone is 2. The van der Waals surface area contributed by atoms with Gasteiger partial charge in [-0.1, -0.05) is 19.9 Å². The molecule has 0 spiro atoms. The molecule has 0 aromatic heterocycles. The molecule has 0 aromatic rings. The SMILES string of the molecule is CC1CCCC(C)N1N=CC1=CCC2CC1C2(C)C. The Labute approximate surface area is 117 Å². The van der Waals surface area contributed by atoms with E-state index in [0.717, 1.165) is 11.8 Å². The molecule has 2 nitrogen and oxygen atoms in total. The number of piperidine rings is 1. The molecule has 0 radical (unpaired) electrons. The van der Waals surface area contributed by atoms with Crippen molar-refractivity contribution < 1.29 is 0 Å². The van der Waals surface area contributed by atoms with Gasteiger partial charge in [0.15, 0.2) is 0 Å². The van der Waals surface area contributed by atoms with E-state index in [2.05, 4.69) is 45.0 Å². The highest BCUT2D eigenvalue weighted by Gasteiger charge is 2.50. The van der Waals surface area contributed by atoms with Gasteiger partial charge in [0.2, 0.25) is 0 Å². The maximum Gasteiger partial charge on any atom is 0.0502 e. The molecule has 1 saturated carbocycles. The molecule has 2 heteroatoms. The van der Waals surface area contributed by atoms with Gasteiger partial charge in [0, 0.05) is 12.1 Å². The standard InChI is InChI=1S/C17H28N2/c1-12-6-5-7-13(2)19(12)18-11-14-8-9-15-10-16(14)17(15,3)4/h8,11-13,15-16H,5-7,9-10H2,1-4H3. The summed E-state index contributed by atoms with van der Waals surface area (Å²) in [7, 11) is 0. The minimum atomic E-state index is 0.509. The van der Waals surface area contributed by atoms with Crippen molar-refractivity contribution in [3.8, 4) is 0 Å². The Morgan fingerprint density at radius 2 is 1.95 bits per heavy atom. The van der Waals surface area contributed by atoms with Crippen LogP contribution in [0, 0.1) is 17.3 Å². The molecule has 3 aliphatic carbocycles. The van der Waals surface area contributed by atoms with Crippen LogP contribution in [0.3, 0.4) is 0 Å². The number of fused-ring (bicyclic) bond motifs is 1. The zero-order valence-electron chi connectivity index (χ0n) is 12.9. The zero-order valence-corrected chi connectivity index (χ0v) is 12.9. The number of hydrazone groups is 1. The van der Waals surface area contributed by atoms with Gasteiger partial charge in [-0.2, -0.15) is 5.10 Å². The molecule has 0 amide bonds. The fourth-order valence-corrected chi connectivity index (χ4v) is 4.31. The van der Waals surface area contributed by atoms with Gasteiger partial charge in [0.05, 0.1) is 6.21 Å². The van der Waals surface area contributed by atoms with Crippen molar-refractivity contribution in [2.75, 3.05) is 0 Å². The van der Waals surface area contributed by atoms with Crippen LogP contribution in [-0.2, 0) is 0 Å². The van der Waals surface area contributed by atoms with Gasteiger partial charge in [-0.25, -0.2) is 0 Å². The average Bonchev–Trinajstić information content (AvgIpc) is 2.38. The maximum absolute atomic E-state index is 4.85. The second-order valence-corrected chi connectivity index (χ2v) is 7.50. The molecule has 2 bridgehead atoms. The molecular weight excluding hydrogens is 232 g/mol. The number of hydrogen-bond donors (Lipinski definition) is 0. The third-order valence-corrected chi connectivity index (χ3v) is 6.00. The van der Waals surface area contributed by atoms with E-state index in [1.54, 1.807) is 0 Å². The quantitative estimate of drug-likeness (QED) is 0.678. The Balaban J connectivity index is 1.71. The smallest absolute Gasteiger partial charge is 0.0502 e. The minimum absolute atomic E-state index is 0.509. The van der Waals surface area contributed by atoms with E-state index in [0.29, 0.717) is 17.5 Å². The van der Waals surface area contributed by atoms with Crippen molar-refractivity contribution >= 4 is 6.21 Å². The summed E-state index contributed by atoms with van der Waals surface area (Å²) in [6, 6.07) is 1.21. The van der Waals surface area contributed by atoms with Gasteiger partial charge in [0.25, 0.3) is 0 Å². The number of nitrogens with zero attached hydrogens (tertiary/aromatic N) is 2.